The van der Waals surface area contributed by atoms with Crippen LogP contribution in [0.5, 0.6) is 0 Å². The summed E-state index contributed by atoms with van der Waals surface area (Å²) < 4.78 is 14.0. The fourth-order valence-electron chi connectivity index (χ4n) is 2.89. The number of Topliss-reactive ketones (excluding diaryl/α,β-unsaturated/α-hetero) is 1. The van der Waals surface area contributed by atoms with Gasteiger partial charge in [0.2, 0.25) is 5.91 Å². The van der Waals surface area contributed by atoms with Crippen LogP contribution in [0.3, 0.4) is 0 Å². The maximum atomic E-state index is 13.0. The Morgan fingerprint density at radius 1 is 1.17 bits per heavy atom. The first-order valence-electron chi connectivity index (χ1n) is 9.50. The zero-order valence-corrected chi connectivity index (χ0v) is 17.5. The van der Waals surface area contributed by atoms with E-state index in [1.807, 2.05) is 30.3 Å². The number of carboxylic acid groups (broad SMARTS) is 1. The minimum atomic E-state index is -1.14. The number of carboxylic acids is 1. The van der Waals surface area contributed by atoms with E-state index in [4.69, 9.17) is 9.90 Å². The van der Waals surface area contributed by atoms with Crippen LogP contribution in [0.1, 0.15) is 44.2 Å². The molecule has 7 nitrogen and oxygen atoms in total. The second-order valence-electron chi connectivity index (χ2n) is 6.73. The molecule has 0 aliphatic heterocycles. The molecule has 2 atom stereocenters. The topological polar surface area (TPSA) is 105 Å². The van der Waals surface area contributed by atoms with Crippen LogP contribution in [0.4, 0.5) is 4.39 Å². The molecule has 0 aliphatic carbocycles. The highest BCUT2D eigenvalue weighted by atomic mass is 19.1. The normalized spacial score (nSPS) is 12.2. The molecule has 2 rings (SSSR count). The Bertz CT molecular complexity index is 936. The van der Waals surface area contributed by atoms with Gasteiger partial charge in [-0.05, 0) is 44.0 Å². The zero-order chi connectivity index (χ0) is 22.8. The van der Waals surface area contributed by atoms with Crippen LogP contribution in [-0.2, 0) is 14.4 Å². The van der Waals surface area contributed by atoms with E-state index in [-0.39, 0.29) is 5.56 Å². The fraction of sp³-hybridized carbons (Fsp3) is 0.364. The molecule has 30 heavy (non-hydrogen) atoms. The van der Waals surface area contributed by atoms with Crippen LogP contribution in [0.15, 0.2) is 47.4 Å². The Labute approximate surface area is 174 Å². The van der Waals surface area contributed by atoms with Gasteiger partial charge in [0.15, 0.2) is 5.78 Å². The highest BCUT2D eigenvalue weighted by Gasteiger charge is 2.27. The van der Waals surface area contributed by atoms with E-state index in [0.717, 1.165) is 6.92 Å². The average molecular weight is 418 g/mol. The first kappa shape index (κ1) is 24.7. The molecule has 0 radical (unpaired) electrons. The summed E-state index contributed by atoms with van der Waals surface area (Å²) in [4.78, 5) is 46.1. The van der Waals surface area contributed by atoms with Gasteiger partial charge in [-0.2, -0.15) is 0 Å². The number of halogens is 1. The van der Waals surface area contributed by atoms with Crippen LogP contribution in [-0.4, -0.2) is 40.0 Å². The molecule has 2 unspecified atom stereocenters. The molecule has 2 N–H and O–H groups in total. The first-order valence-corrected chi connectivity index (χ1v) is 9.50. The van der Waals surface area contributed by atoms with E-state index in [1.54, 1.807) is 26.1 Å². The number of hydrogen-bond donors (Lipinski definition) is 2. The molecule has 0 saturated carbocycles. The fourth-order valence-corrected chi connectivity index (χ4v) is 2.89. The number of nitrogens with zero attached hydrogens (tertiary/aromatic N) is 1. The number of rotatable bonds is 7. The number of pyridine rings is 1. The van der Waals surface area contributed by atoms with Crippen LogP contribution >= 0.6 is 0 Å². The van der Waals surface area contributed by atoms with Crippen molar-refractivity contribution >= 4 is 17.7 Å². The predicted molar refractivity (Wildman–Crippen MR) is 112 cm³/mol. The SMILES string of the molecule is CC(=O)O.CCC(C(=O)NC(C)C(=O)CF)c1c(C)ccn(-c2ccccc2)c1=O. The van der Waals surface area contributed by atoms with E-state index in [0.29, 0.717) is 23.2 Å². The molecule has 0 aliphatic rings. The molecule has 1 aromatic heterocycles. The summed E-state index contributed by atoms with van der Waals surface area (Å²) in [5, 5.41) is 9.93. The number of nitrogens with one attached hydrogen (secondary N) is 1. The lowest BCUT2D eigenvalue weighted by molar-refractivity contribution is -0.134. The smallest absolute Gasteiger partial charge is 0.300 e. The summed E-state index contributed by atoms with van der Waals surface area (Å²) in [6.45, 7) is 4.96. The predicted octanol–water partition coefficient (Wildman–Crippen LogP) is 2.77. The van der Waals surface area contributed by atoms with Crippen LogP contribution in [0, 0.1) is 6.92 Å². The molecular formula is C22H27FN2O5. The highest BCUT2D eigenvalue weighted by Crippen LogP contribution is 2.21. The second-order valence-corrected chi connectivity index (χ2v) is 6.73. The van der Waals surface area contributed by atoms with Crippen molar-refractivity contribution in [2.75, 3.05) is 6.67 Å². The number of ketones is 1. The summed E-state index contributed by atoms with van der Waals surface area (Å²) in [6, 6.07) is 9.99. The number of aliphatic carboxylic acids is 1. The number of alkyl halides is 1. The van der Waals surface area contributed by atoms with Crippen LogP contribution < -0.4 is 10.9 Å². The molecule has 0 saturated heterocycles. The van der Waals surface area contributed by atoms with Crippen molar-refractivity contribution in [1.29, 1.82) is 0 Å². The van der Waals surface area contributed by atoms with Gasteiger partial charge < -0.3 is 10.4 Å². The number of aryl methyl sites for hydroxylation is 1. The summed E-state index contributed by atoms with van der Waals surface area (Å²) >= 11 is 0. The zero-order valence-electron chi connectivity index (χ0n) is 17.5. The number of amides is 1. The van der Waals surface area contributed by atoms with E-state index >= 15 is 0 Å². The van der Waals surface area contributed by atoms with Crippen molar-refractivity contribution in [2.45, 2.75) is 46.1 Å². The molecule has 0 bridgehead atoms. The number of hydrogen-bond acceptors (Lipinski definition) is 4. The Balaban J connectivity index is 0.00000103. The minimum absolute atomic E-state index is 0.275. The van der Waals surface area contributed by atoms with Crippen molar-refractivity contribution in [3.8, 4) is 5.69 Å². The first-order chi connectivity index (χ1) is 14.1. The van der Waals surface area contributed by atoms with Gasteiger partial charge in [0.25, 0.3) is 11.5 Å². The molecule has 1 heterocycles. The summed E-state index contributed by atoms with van der Waals surface area (Å²) in [6.07, 6.45) is 2.06. The third-order valence-electron chi connectivity index (χ3n) is 4.43. The van der Waals surface area contributed by atoms with Crippen molar-refractivity contribution in [3.63, 3.8) is 0 Å². The van der Waals surface area contributed by atoms with E-state index in [1.165, 1.54) is 11.5 Å². The number of para-hydroxylation sites is 1. The quantitative estimate of drug-likeness (QED) is 0.719. The highest BCUT2D eigenvalue weighted by molar-refractivity contribution is 5.91. The lowest BCUT2D eigenvalue weighted by atomic mass is 9.92. The lowest BCUT2D eigenvalue weighted by Crippen LogP contribution is -2.43. The Morgan fingerprint density at radius 3 is 2.23 bits per heavy atom. The largest absolute Gasteiger partial charge is 0.481 e. The molecule has 0 fully saturated rings. The molecule has 8 heteroatoms. The minimum Gasteiger partial charge on any atom is -0.481 e. The van der Waals surface area contributed by atoms with Gasteiger partial charge in [0, 0.05) is 24.4 Å². The lowest BCUT2D eigenvalue weighted by Gasteiger charge is -2.20. The standard InChI is InChI=1S/C20H23FN2O3.C2H4O2/c1-4-16(19(25)22-14(3)17(24)12-21)18-13(2)10-11-23(20(18)26)15-8-6-5-7-9-15;1-2(3)4/h5-11,14,16H,4,12H2,1-3H3,(H,22,25);1H3,(H,3,4). The molecule has 2 aromatic rings. The van der Waals surface area contributed by atoms with Gasteiger partial charge in [0.05, 0.1) is 12.0 Å². The summed E-state index contributed by atoms with van der Waals surface area (Å²) in [7, 11) is 0. The maximum Gasteiger partial charge on any atom is 0.300 e. The monoisotopic (exact) mass is 418 g/mol. The van der Waals surface area contributed by atoms with E-state index in [2.05, 4.69) is 5.32 Å². The molecule has 0 spiro atoms. The number of benzene rings is 1. The van der Waals surface area contributed by atoms with Gasteiger partial charge in [-0.3, -0.25) is 23.7 Å². The summed E-state index contributed by atoms with van der Waals surface area (Å²) in [5.41, 5.74) is 1.52. The second kappa shape index (κ2) is 11.6. The van der Waals surface area contributed by atoms with Gasteiger partial charge >= 0.3 is 0 Å². The van der Waals surface area contributed by atoms with Gasteiger partial charge in [-0.25, -0.2) is 4.39 Å². The van der Waals surface area contributed by atoms with Crippen LogP contribution in [0.2, 0.25) is 0 Å². The Morgan fingerprint density at radius 2 is 1.73 bits per heavy atom. The van der Waals surface area contributed by atoms with Gasteiger partial charge in [-0.15, -0.1) is 0 Å². The van der Waals surface area contributed by atoms with E-state index in [9.17, 15) is 18.8 Å². The van der Waals surface area contributed by atoms with Gasteiger partial charge in [-0.1, -0.05) is 25.1 Å². The third kappa shape index (κ3) is 6.65. The Hall–Kier alpha value is -3.29. The average Bonchev–Trinajstić information content (AvgIpc) is 2.70. The Kier molecular flexibility index (Phi) is 9.61. The third-order valence-corrected chi connectivity index (χ3v) is 4.43. The van der Waals surface area contributed by atoms with Crippen molar-refractivity contribution in [2.24, 2.45) is 0 Å². The van der Waals surface area contributed by atoms with Crippen molar-refractivity contribution in [3.05, 3.63) is 64.1 Å². The van der Waals surface area contributed by atoms with E-state index < -0.39 is 36.3 Å². The number of aromatic nitrogens is 1. The maximum absolute atomic E-state index is 13.0. The van der Waals surface area contributed by atoms with Crippen LogP contribution in [0.25, 0.3) is 5.69 Å². The molecular weight excluding hydrogens is 391 g/mol. The molecule has 1 aromatic carbocycles. The van der Waals surface area contributed by atoms with Crippen molar-refractivity contribution < 1.29 is 23.9 Å². The summed E-state index contributed by atoms with van der Waals surface area (Å²) in [5.74, 6) is -2.69. The van der Waals surface area contributed by atoms with Crippen molar-refractivity contribution in [1.82, 2.24) is 9.88 Å². The van der Waals surface area contributed by atoms with Gasteiger partial charge in [0.1, 0.15) is 6.67 Å². The number of carbonyl (C=O) groups is 3. The number of carbonyl (C=O) groups excluding carboxylic acids is 2. The molecule has 162 valence electrons. The molecule has 1 amide bonds.